The van der Waals surface area contributed by atoms with Gasteiger partial charge in [0.05, 0.1) is 4.88 Å². The number of hydrogen-bond donors (Lipinski definition) is 2. The highest BCUT2D eigenvalue weighted by Gasteiger charge is 2.41. The highest BCUT2D eigenvalue weighted by molar-refractivity contribution is 7.18. The van der Waals surface area contributed by atoms with E-state index in [0.29, 0.717) is 10.4 Å². The van der Waals surface area contributed by atoms with Crippen molar-refractivity contribution in [1.82, 2.24) is 25.4 Å². The van der Waals surface area contributed by atoms with Gasteiger partial charge in [-0.05, 0) is 81.2 Å². The number of hydrogen-bond acceptors (Lipinski definition) is 8. The van der Waals surface area contributed by atoms with Crippen LogP contribution < -0.4 is 5.32 Å². The number of aliphatic hydroxyl groups is 1. The maximum atomic E-state index is 13.8. The van der Waals surface area contributed by atoms with Crippen LogP contribution in [0.5, 0.6) is 0 Å². The van der Waals surface area contributed by atoms with Gasteiger partial charge in [-0.1, -0.05) is 6.92 Å². The molecule has 42 heavy (non-hydrogen) atoms. The molecule has 0 spiro atoms. The number of halogens is 4. The van der Waals surface area contributed by atoms with E-state index < -0.39 is 35.8 Å². The molecule has 3 aromatic rings. The van der Waals surface area contributed by atoms with Crippen LogP contribution in [0, 0.1) is 0 Å². The summed E-state index contributed by atoms with van der Waals surface area (Å²) in [6, 6.07) is 2.76. The predicted octanol–water partition coefficient (Wildman–Crippen LogP) is 5.39. The molecule has 1 saturated heterocycles. The number of amides is 2. The molecule has 14 heteroatoms. The molecule has 5 rings (SSSR count). The van der Waals surface area contributed by atoms with Gasteiger partial charge in [-0.3, -0.25) is 9.59 Å². The molecule has 0 radical (unpaired) electrons. The molecule has 3 heterocycles. The summed E-state index contributed by atoms with van der Waals surface area (Å²) in [5.74, 6) is -1.46. The Balaban J connectivity index is 1.61. The van der Waals surface area contributed by atoms with Crippen LogP contribution in [0.2, 0.25) is 0 Å². The molecule has 0 unspecified atom stereocenters. The number of thiazole rings is 1. The van der Waals surface area contributed by atoms with E-state index in [1.807, 2.05) is 18.3 Å². The van der Waals surface area contributed by atoms with Crippen LogP contribution in [0.15, 0.2) is 22.6 Å². The number of likely N-dealkylation sites (tertiary alicyclic amines) is 1. The minimum absolute atomic E-state index is 0.0143. The van der Waals surface area contributed by atoms with Gasteiger partial charge >= 0.3 is 6.18 Å². The molecule has 2 fully saturated rings. The van der Waals surface area contributed by atoms with Crippen LogP contribution in [-0.4, -0.2) is 68.5 Å². The molecule has 9 nitrogen and oxygen atoms in total. The van der Waals surface area contributed by atoms with Gasteiger partial charge in [0.2, 0.25) is 5.89 Å². The van der Waals surface area contributed by atoms with E-state index in [1.54, 1.807) is 6.07 Å². The van der Waals surface area contributed by atoms with E-state index in [1.165, 1.54) is 24.8 Å². The molecule has 1 aliphatic carbocycles. The van der Waals surface area contributed by atoms with E-state index in [2.05, 4.69) is 15.2 Å². The predicted molar refractivity (Wildman–Crippen MR) is 146 cm³/mol. The standard InChI is InChI=1S/C28H31F4N5O4S/c1-14(28(30,31)32)33-21(38)16-11-15(12-17(13-16)27(4)7-8-27)20-19(24(39)37-9-5-18(29)6-10-37)34-23(42-20)22-35-36-25(41-22)26(2,3)40/h11-14,18,40H,5-10H2,1-4H3,(H,33,38)/t14-/m0/s1. The van der Waals surface area contributed by atoms with E-state index in [4.69, 9.17) is 4.42 Å². The highest BCUT2D eigenvalue weighted by Crippen LogP contribution is 2.49. The number of nitrogens with one attached hydrogen (secondary N) is 1. The summed E-state index contributed by atoms with van der Waals surface area (Å²) in [4.78, 5) is 33.1. The molecule has 2 aromatic heterocycles. The first kappa shape index (κ1) is 30.1. The summed E-state index contributed by atoms with van der Waals surface area (Å²) in [6.07, 6.45) is -3.59. The Labute approximate surface area is 243 Å². The number of alkyl halides is 4. The zero-order chi connectivity index (χ0) is 30.6. The molecule has 226 valence electrons. The van der Waals surface area contributed by atoms with Crippen molar-refractivity contribution < 1.29 is 36.7 Å². The molecule has 2 N–H and O–H groups in total. The molecule has 1 atom stereocenters. The Morgan fingerprint density at radius 1 is 1.17 bits per heavy atom. The number of rotatable bonds is 7. The van der Waals surface area contributed by atoms with Crippen molar-refractivity contribution in [2.75, 3.05) is 13.1 Å². The topological polar surface area (TPSA) is 121 Å². The number of nitrogens with zero attached hydrogens (tertiary/aromatic N) is 4. The van der Waals surface area contributed by atoms with Gasteiger partial charge < -0.3 is 19.7 Å². The Kier molecular flexibility index (Phi) is 7.67. The summed E-state index contributed by atoms with van der Waals surface area (Å²) in [7, 11) is 0. The second-order valence-corrected chi connectivity index (χ2v) is 12.7. The van der Waals surface area contributed by atoms with Gasteiger partial charge in [0.1, 0.15) is 23.5 Å². The molecule has 2 aliphatic rings. The summed E-state index contributed by atoms with van der Waals surface area (Å²) >= 11 is 1.04. The Morgan fingerprint density at radius 3 is 2.40 bits per heavy atom. The molecule has 1 aliphatic heterocycles. The van der Waals surface area contributed by atoms with Crippen molar-refractivity contribution in [3.63, 3.8) is 0 Å². The van der Waals surface area contributed by atoms with Crippen LogP contribution in [-0.2, 0) is 11.0 Å². The minimum atomic E-state index is -4.62. The van der Waals surface area contributed by atoms with Crippen molar-refractivity contribution in [2.24, 2.45) is 0 Å². The first-order valence-electron chi connectivity index (χ1n) is 13.6. The quantitative estimate of drug-likeness (QED) is 0.345. The van der Waals surface area contributed by atoms with Crippen molar-refractivity contribution in [1.29, 1.82) is 0 Å². The summed E-state index contributed by atoms with van der Waals surface area (Å²) in [5, 5.41) is 20.3. The van der Waals surface area contributed by atoms with Gasteiger partial charge in [0.25, 0.3) is 17.7 Å². The lowest BCUT2D eigenvalue weighted by molar-refractivity contribution is -0.149. The van der Waals surface area contributed by atoms with E-state index in [9.17, 15) is 32.3 Å². The minimum Gasteiger partial charge on any atom is -0.415 e. The molecule has 1 aromatic carbocycles. The zero-order valence-corrected chi connectivity index (χ0v) is 24.3. The van der Waals surface area contributed by atoms with Crippen LogP contribution in [0.3, 0.4) is 0 Å². The number of benzene rings is 1. The van der Waals surface area contributed by atoms with Gasteiger partial charge in [0.15, 0.2) is 5.01 Å². The van der Waals surface area contributed by atoms with Crippen molar-refractivity contribution >= 4 is 23.2 Å². The Hall–Kier alpha value is -3.39. The first-order valence-corrected chi connectivity index (χ1v) is 14.4. The van der Waals surface area contributed by atoms with Crippen LogP contribution in [0.4, 0.5) is 17.6 Å². The maximum absolute atomic E-state index is 13.8. The van der Waals surface area contributed by atoms with Crippen molar-refractivity contribution in [2.45, 2.75) is 82.8 Å². The lowest BCUT2D eigenvalue weighted by Crippen LogP contribution is -2.43. The second kappa shape index (κ2) is 10.7. The third-order valence-corrected chi connectivity index (χ3v) is 8.76. The average molecular weight is 610 g/mol. The lowest BCUT2D eigenvalue weighted by atomic mass is 9.93. The number of piperidine rings is 1. The van der Waals surface area contributed by atoms with E-state index in [0.717, 1.165) is 36.7 Å². The van der Waals surface area contributed by atoms with Crippen LogP contribution in [0.25, 0.3) is 21.3 Å². The number of carbonyl (C=O) groups excluding carboxylic acids is 2. The average Bonchev–Trinajstić information content (AvgIpc) is 3.30. The summed E-state index contributed by atoms with van der Waals surface area (Å²) in [5.41, 5.74) is -0.498. The van der Waals surface area contributed by atoms with Gasteiger partial charge in [-0.25, -0.2) is 9.37 Å². The highest BCUT2D eigenvalue weighted by atomic mass is 32.1. The first-order chi connectivity index (χ1) is 19.5. The normalized spacial score (nSPS) is 18.2. The largest absolute Gasteiger partial charge is 0.415 e. The fourth-order valence-electron chi connectivity index (χ4n) is 4.59. The lowest BCUT2D eigenvalue weighted by Gasteiger charge is -2.28. The van der Waals surface area contributed by atoms with Crippen molar-refractivity contribution in [3.8, 4) is 21.3 Å². The third-order valence-electron chi connectivity index (χ3n) is 7.67. The zero-order valence-electron chi connectivity index (χ0n) is 23.5. The van der Waals surface area contributed by atoms with Crippen LogP contribution in [0.1, 0.15) is 85.7 Å². The maximum Gasteiger partial charge on any atom is 0.408 e. The monoisotopic (exact) mass is 609 g/mol. The summed E-state index contributed by atoms with van der Waals surface area (Å²) < 4.78 is 59.1. The van der Waals surface area contributed by atoms with Crippen LogP contribution >= 0.6 is 11.3 Å². The van der Waals surface area contributed by atoms with E-state index in [-0.39, 0.29) is 59.4 Å². The van der Waals surface area contributed by atoms with Gasteiger partial charge in [0, 0.05) is 18.7 Å². The SMILES string of the molecule is C[C@H](NC(=O)c1cc(-c2sc(-c3nnc(C(C)(C)O)o3)nc2C(=O)N2CCC(F)CC2)cc(C2(C)CC2)c1)C(F)(F)F. The van der Waals surface area contributed by atoms with Gasteiger partial charge in [-0.15, -0.1) is 21.5 Å². The Morgan fingerprint density at radius 2 is 1.83 bits per heavy atom. The fraction of sp³-hybridized carbons (Fsp3) is 0.536. The third kappa shape index (κ3) is 6.19. The molecule has 0 bridgehead atoms. The van der Waals surface area contributed by atoms with Gasteiger partial charge in [-0.2, -0.15) is 13.2 Å². The number of aromatic nitrogens is 3. The molecule has 1 saturated carbocycles. The number of carbonyl (C=O) groups is 2. The summed E-state index contributed by atoms with van der Waals surface area (Å²) in [6.45, 7) is 6.18. The Bertz CT molecular complexity index is 1500. The van der Waals surface area contributed by atoms with Crippen molar-refractivity contribution in [3.05, 3.63) is 40.9 Å². The van der Waals surface area contributed by atoms with E-state index >= 15 is 0 Å². The molecule has 2 amide bonds. The molecular formula is C28H31F4N5O4S. The smallest absolute Gasteiger partial charge is 0.408 e. The second-order valence-electron chi connectivity index (χ2n) is 11.7. The molecular weight excluding hydrogens is 578 g/mol. The fourth-order valence-corrected chi connectivity index (χ4v) is 5.55.